The van der Waals surface area contributed by atoms with E-state index in [4.69, 9.17) is 4.74 Å². The third-order valence-electron chi connectivity index (χ3n) is 3.03. The van der Waals surface area contributed by atoms with E-state index < -0.39 is 0 Å². The van der Waals surface area contributed by atoms with Crippen molar-refractivity contribution in [3.05, 3.63) is 46.5 Å². The highest BCUT2D eigenvalue weighted by Gasteiger charge is 2.19. The van der Waals surface area contributed by atoms with Gasteiger partial charge >= 0.3 is 0 Å². The van der Waals surface area contributed by atoms with Crippen LogP contribution in [0.1, 0.15) is 29.3 Å². The fraction of sp³-hybridized carbons (Fsp3) is 0.188. The average molecular weight is 328 g/mol. The summed E-state index contributed by atoms with van der Waals surface area (Å²) in [4.78, 5) is 19.5. The van der Waals surface area contributed by atoms with Gasteiger partial charge in [0.1, 0.15) is 10.7 Å². The van der Waals surface area contributed by atoms with Crippen molar-refractivity contribution in [2.45, 2.75) is 20.0 Å². The number of nitrogens with zero attached hydrogens (tertiary/aromatic N) is 2. The van der Waals surface area contributed by atoms with Gasteiger partial charge in [-0.05, 0) is 26.0 Å². The molecule has 0 aliphatic heterocycles. The number of hydrazone groups is 1. The molecule has 3 rings (SSSR count). The molecule has 2 N–H and O–H groups in total. The number of fused-ring (bicyclic) bond motifs is 1. The van der Waals surface area contributed by atoms with E-state index >= 15 is 0 Å². The first-order valence-electron chi connectivity index (χ1n) is 7.15. The summed E-state index contributed by atoms with van der Waals surface area (Å²) in [5.74, 6) is 0.183. The van der Waals surface area contributed by atoms with Gasteiger partial charge in [0, 0.05) is 22.5 Å². The summed E-state index contributed by atoms with van der Waals surface area (Å²) in [5.41, 5.74) is 3.70. The van der Waals surface area contributed by atoms with Crippen molar-refractivity contribution in [1.82, 2.24) is 15.4 Å². The highest BCUT2D eigenvalue weighted by molar-refractivity contribution is 7.11. The zero-order chi connectivity index (χ0) is 16.2. The summed E-state index contributed by atoms with van der Waals surface area (Å²) < 4.78 is 5.82. The molecule has 0 saturated heterocycles. The summed E-state index contributed by atoms with van der Waals surface area (Å²) in [7, 11) is 0. The molecule has 0 bridgehead atoms. The SMILES string of the molecule is CC(C)Oc1c(C(=O)N/N=C\c2nccs2)[nH]c2ccccc12. The lowest BCUT2D eigenvalue weighted by Gasteiger charge is -2.10. The Morgan fingerprint density at radius 2 is 2.26 bits per heavy atom. The van der Waals surface area contributed by atoms with E-state index in [9.17, 15) is 4.79 Å². The van der Waals surface area contributed by atoms with Crippen molar-refractivity contribution in [2.75, 3.05) is 0 Å². The summed E-state index contributed by atoms with van der Waals surface area (Å²) in [6, 6.07) is 7.63. The maximum absolute atomic E-state index is 12.4. The number of carbonyl (C=O) groups is 1. The van der Waals surface area contributed by atoms with E-state index in [1.807, 2.05) is 43.5 Å². The molecule has 0 atom stereocenters. The normalized spacial score (nSPS) is 11.4. The van der Waals surface area contributed by atoms with Crippen LogP contribution >= 0.6 is 11.3 Å². The van der Waals surface area contributed by atoms with Crippen molar-refractivity contribution in [3.8, 4) is 5.75 Å². The Labute approximate surface area is 137 Å². The number of rotatable bonds is 5. The number of para-hydroxylation sites is 1. The molecule has 1 aromatic carbocycles. The Bertz CT molecular complexity index is 837. The topological polar surface area (TPSA) is 79.4 Å². The zero-order valence-corrected chi connectivity index (χ0v) is 13.6. The number of aromatic nitrogens is 2. The number of aromatic amines is 1. The van der Waals surface area contributed by atoms with Crippen LogP contribution in [0, 0.1) is 0 Å². The van der Waals surface area contributed by atoms with Crippen LogP contribution in [0.5, 0.6) is 5.75 Å². The number of ether oxygens (including phenoxy) is 1. The van der Waals surface area contributed by atoms with Gasteiger partial charge < -0.3 is 9.72 Å². The van der Waals surface area contributed by atoms with Crippen molar-refractivity contribution >= 4 is 34.4 Å². The molecule has 3 aromatic rings. The molecular weight excluding hydrogens is 312 g/mol. The number of benzene rings is 1. The van der Waals surface area contributed by atoms with Gasteiger partial charge in [-0.1, -0.05) is 12.1 Å². The quantitative estimate of drug-likeness (QED) is 0.558. The average Bonchev–Trinajstić information content (AvgIpc) is 3.15. The van der Waals surface area contributed by atoms with Gasteiger partial charge in [0.15, 0.2) is 5.75 Å². The molecule has 0 aliphatic carbocycles. The molecular formula is C16H16N4O2S. The molecule has 0 spiro atoms. The Morgan fingerprint density at radius 1 is 1.43 bits per heavy atom. The number of hydrogen-bond acceptors (Lipinski definition) is 5. The zero-order valence-electron chi connectivity index (χ0n) is 12.7. The van der Waals surface area contributed by atoms with Crippen LogP contribution in [0.4, 0.5) is 0 Å². The Morgan fingerprint density at radius 3 is 3.00 bits per heavy atom. The third-order valence-corrected chi connectivity index (χ3v) is 3.74. The molecule has 0 fully saturated rings. The van der Waals surface area contributed by atoms with Crippen molar-refractivity contribution < 1.29 is 9.53 Å². The van der Waals surface area contributed by atoms with Crippen LogP contribution in [-0.4, -0.2) is 28.2 Å². The Hall–Kier alpha value is -2.67. The summed E-state index contributed by atoms with van der Waals surface area (Å²) in [5, 5.41) is 7.36. The van der Waals surface area contributed by atoms with Gasteiger partial charge in [0.05, 0.1) is 12.3 Å². The first kappa shape index (κ1) is 15.2. The molecule has 2 aromatic heterocycles. The predicted molar refractivity (Wildman–Crippen MR) is 91.2 cm³/mol. The van der Waals surface area contributed by atoms with Crippen LogP contribution < -0.4 is 10.2 Å². The third kappa shape index (κ3) is 3.40. The van der Waals surface area contributed by atoms with Crippen molar-refractivity contribution in [3.63, 3.8) is 0 Å². The number of H-pyrrole nitrogens is 1. The van der Waals surface area contributed by atoms with E-state index in [2.05, 4.69) is 20.5 Å². The standard InChI is InChI=1S/C16H16N4O2S/c1-10(2)22-15-11-5-3-4-6-12(11)19-14(15)16(21)20-18-9-13-17-7-8-23-13/h3-10,19H,1-2H3,(H,20,21)/b18-9-. The molecule has 1 amide bonds. The summed E-state index contributed by atoms with van der Waals surface area (Å²) in [6.45, 7) is 3.84. The second-order valence-electron chi connectivity index (χ2n) is 5.11. The van der Waals surface area contributed by atoms with Crippen molar-refractivity contribution in [1.29, 1.82) is 0 Å². The number of hydrogen-bond donors (Lipinski definition) is 2. The number of thiazole rings is 1. The van der Waals surface area contributed by atoms with E-state index in [0.717, 1.165) is 15.9 Å². The van der Waals surface area contributed by atoms with E-state index in [1.54, 1.807) is 6.20 Å². The largest absolute Gasteiger partial charge is 0.488 e. The maximum atomic E-state index is 12.4. The molecule has 0 radical (unpaired) electrons. The van der Waals surface area contributed by atoms with Crippen LogP contribution in [0.2, 0.25) is 0 Å². The molecule has 23 heavy (non-hydrogen) atoms. The minimum atomic E-state index is -0.357. The minimum Gasteiger partial charge on any atom is -0.488 e. The smallest absolute Gasteiger partial charge is 0.291 e. The summed E-state index contributed by atoms with van der Waals surface area (Å²) in [6.07, 6.45) is 3.15. The highest BCUT2D eigenvalue weighted by atomic mass is 32.1. The second kappa shape index (κ2) is 6.62. The summed E-state index contributed by atoms with van der Waals surface area (Å²) >= 11 is 1.44. The Kier molecular flexibility index (Phi) is 4.38. The predicted octanol–water partition coefficient (Wildman–Crippen LogP) is 3.18. The highest BCUT2D eigenvalue weighted by Crippen LogP contribution is 2.30. The Balaban J connectivity index is 1.87. The van der Waals surface area contributed by atoms with Crippen molar-refractivity contribution in [2.24, 2.45) is 5.10 Å². The molecule has 0 unspecified atom stereocenters. The monoisotopic (exact) mass is 328 g/mol. The fourth-order valence-corrected chi connectivity index (χ4v) is 2.63. The molecule has 0 aliphatic rings. The van der Waals surface area contributed by atoms with Crippen LogP contribution in [0.25, 0.3) is 10.9 Å². The van der Waals surface area contributed by atoms with Gasteiger partial charge in [-0.25, -0.2) is 10.4 Å². The van der Waals surface area contributed by atoms with E-state index in [-0.39, 0.29) is 12.0 Å². The lowest BCUT2D eigenvalue weighted by molar-refractivity contribution is 0.0945. The van der Waals surface area contributed by atoms with E-state index in [1.165, 1.54) is 17.6 Å². The van der Waals surface area contributed by atoms with Gasteiger partial charge in [-0.15, -0.1) is 11.3 Å². The van der Waals surface area contributed by atoms with Crippen LogP contribution in [0.3, 0.4) is 0 Å². The van der Waals surface area contributed by atoms with Gasteiger partial charge in [0.2, 0.25) is 0 Å². The second-order valence-corrected chi connectivity index (χ2v) is 6.04. The minimum absolute atomic E-state index is 0.0421. The first-order chi connectivity index (χ1) is 11.1. The van der Waals surface area contributed by atoms with Gasteiger partial charge in [0.25, 0.3) is 5.91 Å². The molecule has 0 saturated carbocycles. The molecule has 7 heteroatoms. The maximum Gasteiger partial charge on any atom is 0.291 e. The lowest BCUT2D eigenvalue weighted by Crippen LogP contribution is -2.20. The lowest BCUT2D eigenvalue weighted by atomic mass is 10.2. The first-order valence-corrected chi connectivity index (χ1v) is 8.03. The molecule has 118 valence electrons. The molecule has 6 nitrogen and oxygen atoms in total. The number of carbonyl (C=O) groups excluding carboxylic acids is 1. The number of amides is 1. The van der Waals surface area contributed by atoms with Crippen LogP contribution in [0.15, 0.2) is 40.9 Å². The van der Waals surface area contributed by atoms with Gasteiger partial charge in [-0.2, -0.15) is 5.10 Å². The fourth-order valence-electron chi connectivity index (χ4n) is 2.13. The van der Waals surface area contributed by atoms with Crippen LogP contribution in [-0.2, 0) is 0 Å². The van der Waals surface area contributed by atoms with Gasteiger partial charge in [-0.3, -0.25) is 4.79 Å². The molecule has 2 heterocycles. The van der Waals surface area contributed by atoms with E-state index in [0.29, 0.717) is 11.4 Å². The number of nitrogens with one attached hydrogen (secondary N) is 2.